The van der Waals surface area contributed by atoms with Crippen LogP contribution in [0.2, 0.25) is 0 Å². The molecule has 0 spiro atoms. The van der Waals surface area contributed by atoms with Crippen molar-refractivity contribution in [1.29, 1.82) is 0 Å². The molecule has 0 radical (unpaired) electrons. The molecule has 0 amide bonds. The Labute approximate surface area is 341 Å². The molecule has 6 aromatic carbocycles. The third-order valence-electron chi connectivity index (χ3n) is 8.18. The van der Waals surface area contributed by atoms with Crippen LogP contribution in [0.3, 0.4) is 0 Å². The van der Waals surface area contributed by atoms with Crippen molar-refractivity contribution in [3.05, 3.63) is 155 Å². The van der Waals surface area contributed by atoms with E-state index in [2.05, 4.69) is 84.0 Å². The van der Waals surface area contributed by atoms with Crippen LogP contribution >= 0.6 is 86.6 Å². The van der Waals surface area contributed by atoms with Gasteiger partial charge in [0.25, 0.3) is 0 Å². The molecule has 0 saturated carbocycles. The van der Waals surface area contributed by atoms with Crippen molar-refractivity contribution < 1.29 is 18.9 Å². The maximum absolute atomic E-state index is 6.34. The molecule has 9 heteroatoms. The summed E-state index contributed by atoms with van der Waals surface area (Å²) in [6.45, 7) is 13.6. The summed E-state index contributed by atoms with van der Waals surface area (Å²) in [5.74, 6) is 0. The van der Waals surface area contributed by atoms with Crippen molar-refractivity contribution in [2.24, 2.45) is 0 Å². The van der Waals surface area contributed by atoms with Gasteiger partial charge in [-0.25, -0.2) is 12.1 Å². The second kappa shape index (κ2) is 17.1. The van der Waals surface area contributed by atoms with Crippen molar-refractivity contribution in [3.8, 4) is 0 Å². The van der Waals surface area contributed by atoms with Crippen LogP contribution in [0, 0.1) is 0 Å². The van der Waals surface area contributed by atoms with Gasteiger partial charge in [-0.15, -0.1) is 39.7 Å². The summed E-state index contributed by atoms with van der Waals surface area (Å²) in [7, 11) is 12.7. The fourth-order valence-corrected chi connectivity index (χ4v) is 10.5. The predicted octanol–water partition coefficient (Wildman–Crippen LogP) is 15.5. The fraction of sp³-hybridized carbons (Fsp3) is 0.244. The molecule has 0 aliphatic heterocycles. The Morgan fingerprint density at radius 2 is 0.840 bits per heavy atom. The smallest absolute Gasteiger partial charge is 0.172 e. The van der Waals surface area contributed by atoms with E-state index < -0.39 is 26.5 Å². The second-order valence-corrected chi connectivity index (χ2v) is 26.7. The van der Waals surface area contributed by atoms with Gasteiger partial charge in [0, 0.05) is 0 Å². The molecule has 0 nitrogen and oxygen atoms in total. The van der Waals surface area contributed by atoms with Gasteiger partial charge in [-0.2, -0.15) is 18.2 Å². The predicted molar refractivity (Wildman–Crippen MR) is 223 cm³/mol. The minimum Gasteiger partial charge on any atom is -0.214 e. The molecule has 50 heavy (non-hydrogen) atoms. The topological polar surface area (TPSA) is 0 Å². The van der Waals surface area contributed by atoms with Crippen LogP contribution < -0.4 is 0 Å². The van der Waals surface area contributed by atoms with Crippen molar-refractivity contribution >= 4 is 111 Å². The second-order valence-electron chi connectivity index (χ2n) is 14.0. The third kappa shape index (κ3) is 11.3. The molecule has 0 bridgehead atoms. The van der Waals surface area contributed by atoms with E-state index in [1.165, 1.54) is 32.7 Å². The monoisotopic (exact) mass is 900 g/mol. The Morgan fingerprint density at radius 3 is 1.10 bits per heavy atom. The third-order valence-corrected chi connectivity index (χ3v) is 14.1. The van der Waals surface area contributed by atoms with Crippen LogP contribution in [0.4, 0.5) is 0 Å². The van der Waals surface area contributed by atoms with Gasteiger partial charge in [-0.05, 0) is 10.8 Å². The van der Waals surface area contributed by atoms with Gasteiger partial charge >= 0.3 is 187 Å². The molecular weight excluding hydrogens is 867 g/mol. The van der Waals surface area contributed by atoms with Gasteiger partial charge in [0.05, 0.1) is 0 Å². The van der Waals surface area contributed by atoms with Crippen LogP contribution in [0.15, 0.2) is 121 Å². The Bertz CT molecular complexity index is 1880. The zero-order chi connectivity index (χ0) is 37.1. The van der Waals surface area contributed by atoms with Crippen LogP contribution in [0.5, 0.6) is 0 Å². The Balaban J connectivity index is 0.000000198. The van der Waals surface area contributed by atoms with Crippen molar-refractivity contribution in [2.45, 2.75) is 60.0 Å². The molecule has 0 fully saturated rings. The SMILES string of the molecule is CC(C)(C)c1ccc2c(c1)[cH-]c1cc(C(C)(C)C)ccc12.[Cl][Zr]([Cl])=[C](c1ccc(C(Cl)(Cl)Cl)cc1)c1ccc(C(Cl)(Cl)Cl)cc1.c1cc[cH-]c1. The number of benzene rings is 4. The fourth-order valence-electron chi connectivity index (χ4n) is 5.31. The number of fused-ring (bicyclic) bond motifs is 3. The van der Waals surface area contributed by atoms with Crippen LogP contribution in [-0.4, -0.2) is 3.21 Å². The molecule has 6 rings (SSSR count). The molecule has 264 valence electrons. The van der Waals surface area contributed by atoms with Gasteiger partial charge in [0.15, 0.2) is 0 Å². The summed E-state index contributed by atoms with van der Waals surface area (Å²) in [6.07, 6.45) is 0. The van der Waals surface area contributed by atoms with E-state index in [4.69, 9.17) is 86.6 Å². The molecule has 0 N–H and O–H groups in total. The maximum Gasteiger partial charge on any atom is -0.172 e. The summed E-state index contributed by atoms with van der Waals surface area (Å²) in [5.41, 5.74) is 6.11. The van der Waals surface area contributed by atoms with E-state index in [1.807, 2.05) is 54.6 Å². The number of halogens is 8. The first-order chi connectivity index (χ1) is 23.2. The molecular formula is C41H38Cl8Zr-2. The van der Waals surface area contributed by atoms with Crippen molar-refractivity contribution in [2.75, 3.05) is 0 Å². The Morgan fingerprint density at radius 1 is 0.500 bits per heavy atom. The van der Waals surface area contributed by atoms with E-state index in [0.29, 0.717) is 11.1 Å². The first-order valence-corrected chi connectivity index (χ1v) is 25.7. The maximum atomic E-state index is 6.34. The van der Waals surface area contributed by atoms with Gasteiger partial charge < -0.3 is 0 Å². The molecule has 6 aromatic rings. The molecule has 0 heterocycles. The van der Waals surface area contributed by atoms with E-state index in [1.54, 1.807) is 24.3 Å². The molecule has 0 aliphatic carbocycles. The van der Waals surface area contributed by atoms with Gasteiger partial charge in [-0.3, -0.25) is 0 Å². The molecule has 0 aromatic heterocycles. The number of hydrogen-bond donors (Lipinski definition) is 0. The summed E-state index contributed by atoms with van der Waals surface area (Å²) < 4.78 is -2.06. The van der Waals surface area contributed by atoms with Crippen LogP contribution in [-0.2, 0) is 37.3 Å². The number of rotatable bonds is 2. The average Bonchev–Trinajstić information content (AvgIpc) is 3.72. The minimum absolute atomic E-state index is 0.203. The number of alkyl halides is 6. The minimum atomic E-state index is -2.79. The number of hydrogen-bond acceptors (Lipinski definition) is 0. The van der Waals surface area contributed by atoms with E-state index in [9.17, 15) is 0 Å². The van der Waals surface area contributed by atoms with Crippen LogP contribution in [0.25, 0.3) is 21.5 Å². The van der Waals surface area contributed by atoms with Crippen LogP contribution in [0.1, 0.15) is 74.9 Å². The Hall–Kier alpha value is -0.827. The normalized spacial score (nSPS) is 12.2. The van der Waals surface area contributed by atoms with Crippen molar-refractivity contribution in [3.63, 3.8) is 0 Å². The molecule has 0 saturated heterocycles. The Kier molecular flexibility index (Phi) is 14.3. The van der Waals surface area contributed by atoms with Crippen molar-refractivity contribution in [1.82, 2.24) is 0 Å². The van der Waals surface area contributed by atoms with E-state index >= 15 is 0 Å². The van der Waals surface area contributed by atoms with Gasteiger partial charge in [-0.1, -0.05) is 76.9 Å². The first-order valence-electron chi connectivity index (χ1n) is 15.9. The molecule has 0 atom stereocenters. The standard InChI is InChI=1S/C21H25.C15H8Cl6.C5H5.2ClH.Zr/c1-20(2,3)16-7-9-18-14(12-16)11-15-13-17(21(4,5)6)8-10-19(15)18;16-14(17,18)12-5-1-10(2-6-12)9-11-3-7-13(8-4-11)15(19,20)21;1-2-4-5-3-1;;;/h7-13H,1-6H3;1-8H;1-5H;2*1H;/q-1;;-1;;;+2/p-2. The summed E-state index contributed by atoms with van der Waals surface area (Å²) >= 11 is 32.5. The average molecular weight is 906 g/mol. The zero-order valence-electron chi connectivity index (χ0n) is 28.6. The zero-order valence-corrected chi connectivity index (χ0v) is 37.1. The quantitative estimate of drug-likeness (QED) is 0.120. The first kappa shape index (κ1) is 41.9. The molecule has 0 unspecified atom stereocenters. The molecule has 0 aliphatic rings. The van der Waals surface area contributed by atoms with Gasteiger partial charge in [0.2, 0.25) is 0 Å². The summed E-state index contributed by atoms with van der Waals surface area (Å²) in [4.78, 5) is 0. The van der Waals surface area contributed by atoms with E-state index in [0.717, 1.165) is 14.3 Å². The van der Waals surface area contributed by atoms with E-state index in [-0.39, 0.29) is 10.8 Å². The summed E-state index contributed by atoms with van der Waals surface area (Å²) in [6, 6.07) is 40.4. The van der Waals surface area contributed by atoms with Gasteiger partial charge in [0.1, 0.15) is 0 Å². The largest absolute Gasteiger partial charge is 0.214 e. The summed E-state index contributed by atoms with van der Waals surface area (Å²) in [5, 5.41) is 5.48.